The van der Waals surface area contributed by atoms with Crippen LogP contribution in [0.15, 0.2) is 65.8 Å². The van der Waals surface area contributed by atoms with Gasteiger partial charge in [0.1, 0.15) is 5.75 Å². The maximum Gasteiger partial charge on any atom is 0.212 e. The number of methoxy groups -OCH3 is 1. The lowest BCUT2D eigenvalue weighted by Gasteiger charge is -2.08. The zero-order valence-electron chi connectivity index (χ0n) is 15.5. The molecule has 4 aromatic rings. The minimum Gasteiger partial charge on any atom is -0.496 e. The minimum atomic E-state index is 0.0441. The summed E-state index contributed by atoms with van der Waals surface area (Å²) < 4.78 is 7.09. The number of ketones is 1. The zero-order valence-corrected chi connectivity index (χ0v) is 16.3. The smallest absolute Gasteiger partial charge is 0.212 e. The van der Waals surface area contributed by atoms with Crippen molar-refractivity contribution in [3.8, 4) is 17.0 Å². The molecule has 140 valence electrons. The summed E-state index contributed by atoms with van der Waals surface area (Å²) in [5.41, 5.74) is 4.07. The van der Waals surface area contributed by atoms with Crippen molar-refractivity contribution in [2.45, 2.75) is 12.1 Å². The maximum absolute atomic E-state index is 12.4. The Morgan fingerprint density at radius 1 is 1.04 bits per heavy atom. The number of hydrogen-bond donors (Lipinski definition) is 0. The van der Waals surface area contributed by atoms with Crippen molar-refractivity contribution in [3.05, 3.63) is 71.8 Å². The molecule has 2 heterocycles. The van der Waals surface area contributed by atoms with Crippen LogP contribution in [0.1, 0.15) is 15.9 Å². The van der Waals surface area contributed by atoms with Gasteiger partial charge in [-0.05, 0) is 31.2 Å². The first-order valence-electron chi connectivity index (χ1n) is 8.74. The van der Waals surface area contributed by atoms with Gasteiger partial charge in [0.25, 0.3) is 0 Å². The molecular formula is C21H18N4O2S. The van der Waals surface area contributed by atoms with Gasteiger partial charge in [-0.1, -0.05) is 53.7 Å². The zero-order chi connectivity index (χ0) is 19.5. The van der Waals surface area contributed by atoms with Gasteiger partial charge in [-0.25, -0.2) is 0 Å². The number of nitrogens with zero attached hydrogens (tertiary/aromatic N) is 4. The van der Waals surface area contributed by atoms with E-state index in [1.807, 2.05) is 67.6 Å². The lowest BCUT2D eigenvalue weighted by molar-refractivity contribution is 0.102. The Morgan fingerprint density at radius 3 is 2.61 bits per heavy atom. The second kappa shape index (κ2) is 7.82. The third kappa shape index (κ3) is 3.61. The predicted molar refractivity (Wildman–Crippen MR) is 109 cm³/mol. The Hall–Kier alpha value is -3.19. The van der Waals surface area contributed by atoms with Crippen molar-refractivity contribution in [1.29, 1.82) is 0 Å². The number of rotatable bonds is 6. The van der Waals surface area contributed by atoms with E-state index in [1.54, 1.807) is 11.6 Å². The van der Waals surface area contributed by atoms with Gasteiger partial charge in [0.15, 0.2) is 11.4 Å². The number of fused-ring (bicyclic) bond motifs is 1. The first-order chi connectivity index (χ1) is 13.7. The number of ether oxygens (including phenoxy) is 1. The predicted octanol–water partition coefficient (Wildman–Crippen LogP) is 4.08. The van der Waals surface area contributed by atoms with Crippen LogP contribution in [0.4, 0.5) is 0 Å². The highest BCUT2D eigenvalue weighted by Crippen LogP contribution is 2.28. The third-order valence-corrected chi connectivity index (χ3v) is 5.24. The lowest BCUT2D eigenvalue weighted by Crippen LogP contribution is -2.04. The molecule has 0 saturated carbocycles. The van der Waals surface area contributed by atoms with Crippen molar-refractivity contribution in [2.24, 2.45) is 0 Å². The van der Waals surface area contributed by atoms with Crippen LogP contribution in [-0.4, -0.2) is 38.5 Å². The van der Waals surface area contributed by atoms with E-state index >= 15 is 0 Å². The van der Waals surface area contributed by atoms with Gasteiger partial charge >= 0.3 is 0 Å². The third-order valence-electron chi connectivity index (χ3n) is 4.32. The first kappa shape index (κ1) is 18.2. The average Bonchev–Trinajstić information content (AvgIpc) is 3.14. The van der Waals surface area contributed by atoms with Crippen molar-refractivity contribution in [2.75, 3.05) is 12.9 Å². The van der Waals surface area contributed by atoms with Gasteiger partial charge in [0.05, 0.1) is 18.6 Å². The molecule has 0 saturated heterocycles. The number of para-hydroxylation sites is 1. The molecular weight excluding hydrogens is 372 g/mol. The number of hydrogen-bond acceptors (Lipinski definition) is 6. The molecule has 0 amide bonds. The van der Waals surface area contributed by atoms with Gasteiger partial charge in [-0.15, -0.1) is 10.2 Å². The number of aryl methyl sites for hydroxylation is 1. The number of carbonyl (C=O) groups excluding carboxylic acids is 1. The molecule has 2 aromatic heterocycles. The highest BCUT2D eigenvalue weighted by atomic mass is 32.2. The van der Waals surface area contributed by atoms with E-state index < -0.39 is 0 Å². The van der Waals surface area contributed by atoms with Crippen LogP contribution in [0.25, 0.3) is 16.9 Å². The Morgan fingerprint density at radius 2 is 1.82 bits per heavy atom. The van der Waals surface area contributed by atoms with E-state index in [2.05, 4.69) is 15.3 Å². The number of aromatic nitrogens is 4. The largest absolute Gasteiger partial charge is 0.496 e. The molecule has 0 spiro atoms. The summed E-state index contributed by atoms with van der Waals surface area (Å²) >= 11 is 1.32. The Kier molecular flexibility index (Phi) is 5.08. The second-order valence-corrected chi connectivity index (χ2v) is 7.19. The second-order valence-electron chi connectivity index (χ2n) is 6.25. The first-order valence-corrected chi connectivity index (χ1v) is 9.73. The Labute approximate surface area is 166 Å². The maximum atomic E-state index is 12.4. The van der Waals surface area contributed by atoms with Crippen molar-refractivity contribution in [3.63, 3.8) is 0 Å². The Balaban J connectivity index is 1.60. The number of benzene rings is 2. The molecule has 28 heavy (non-hydrogen) atoms. The van der Waals surface area contributed by atoms with E-state index in [9.17, 15) is 4.79 Å². The molecule has 0 fully saturated rings. The molecule has 2 aromatic carbocycles. The fourth-order valence-electron chi connectivity index (χ4n) is 2.81. The van der Waals surface area contributed by atoms with Crippen molar-refractivity contribution >= 4 is 23.2 Å². The SMILES string of the molecule is COc1ccccc1-c1ccc2nnc(SCC(=O)c3ccc(C)cc3)n2n1. The fourth-order valence-corrected chi connectivity index (χ4v) is 3.59. The summed E-state index contributed by atoms with van der Waals surface area (Å²) in [7, 11) is 1.63. The molecule has 6 nitrogen and oxygen atoms in total. The Bertz CT molecular complexity index is 1140. The molecule has 0 radical (unpaired) electrons. The van der Waals surface area contributed by atoms with Crippen LogP contribution in [0.2, 0.25) is 0 Å². The quantitative estimate of drug-likeness (QED) is 0.365. The summed E-state index contributed by atoms with van der Waals surface area (Å²) in [6.45, 7) is 2.00. The van der Waals surface area contributed by atoms with Crippen LogP contribution in [0.5, 0.6) is 5.75 Å². The van der Waals surface area contributed by atoms with Gasteiger partial charge in [0, 0.05) is 11.1 Å². The van der Waals surface area contributed by atoms with Gasteiger partial charge in [-0.2, -0.15) is 9.61 Å². The standard InChI is InChI=1S/C21H18N4O2S/c1-14-7-9-15(10-8-14)18(26)13-28-21-23-22-20-12-11-17(24-25(20)21)16-5-3-4-6-19(16)27-2/h3-12H,13H2,1-2H3. The van der Waals surface area contributed by atoms with Gasteiger partial charge in [0.2, 0.25) is 5.16 Å². The van der Waals surface area contributed by atoms with Gasteiger partial charge < -0.3 is 4.74 Å². The monoisotopic (exact) mass is 390 g/mol. The molecule has 0 aliphatic carbocycles. The number of carbonyl (C=O) groups is 1. The molecule has 7 heteroatoms. The highest BCUT2D eigenvalue weighted by Gasteiger charge is 2.14. The fraction of sp³-hybridized carbons (Fsp3) is 0.143. The van der Waals surface area contributed by atoms with E-state index in [0.717, 1.165) is 22.6 Å². The molecule has 0 atom stereocenters. The highest BCUT2D eigenvalue weighted by molar-refractivity contribution is 7.99. The molecule has 0 bridgehead atoms. The summed E-state index contributed by atoms with van der Waals surface area (Å²) in [4.78, 5) is 12.4. The van der Waals surface area contributed by atoms with E-state index in [-0.39, 0.29) is 11.5 Å². The lowest BCUT2D eigenvalue weighted by atomic mass is 10.1. The van der Waals surface area contributed by atoms with Crippen molar-refractivity contribution < 1.29 is 9.53 Å². The molecule has 0 N–H and O–H groups in total. The van der Waals surface area contributed by atoms with Crippen LogP contribution in [-0.2, 0) is 0 Å². The normalized spacial score (nSPS) is 10.9. The van der Waals surface area contributed by atoms with Gasteiger partial charge in [-0.3, -0.25) is 4.79 Å². The topological polar surface area (TPSA) is 69.4 Å². The summed E-state index contributed by atoms with van der Waals surface area (Å²) in [5, 5.41) is 13.6. The van der Waals surface area contributed by atoms with Crippen LogP contribution in [0.3, 0.4) is 0 Å². The minimum absolute atomic E-state index is 0.0441. The van der Waals surface area contributed by atoms with Crippen LogP contribution < -0.4 is 4.74 Å². The molecule has 0 aliphatic rings. The molecule has 4 rings (SSSR count). The summed E-state index contributed by atoms with van der Waals surface area (Å²) in [6, 6.07) is 19.0. The summed E-state index contributed by atoms with van der Waals surface area (Å²) in [6.07, 6.45) is 0. The number of Topliss-reactive ketones (excluding diaryl/α,β-unsaturated/α-hetero) is 1. The van der Waals surface area contributed by atoms with E-state index in [1.165, 1.54) is 11.8 Å². The van der Waals surface area contributed by atoms with Crippen LogP contribution >= 0.6 is 11.8 Å². The average molecular weight is 390 g/mol. The summed E-state index contributed by atoms with van der Waals surface area (Å²) in [5.74, 6) is 1.05. The molecule has 0 aliphatic heterocycles. The van der Waals surface area contributed by atoms with Crippen molar-refractivity contribution in [1.82, 2.24) is 19.8 Å². The molecule has 0 unspecified atom stereocenters. The number of thioether (sulfide) groups is 1. The van der Waals surface area contributed by atoms with E-state index in [4.69, 9.17) is 4.74 Å². The van der Waals surface area contributed by atoms with E-state index in [0.29, 0.717) is 16.4 Å². The van der Waals surface area contributed by atoms with Crippen LogP contribution in [0, 0.1) is 6.92 Å².